The van der Waals surface area contributed by atoms with E-state index >= 15 is 0 Å². The van der Waals surface area contributed by atoms with E-state index in [4.69, 9.17) is 9.99 Å². The van der Waals surface area contributed by atoms with Gasteiger partial charge in [0, 0.05) is 24.3 Å². The number of alkyl halides is 1. The molecular weight excluding hydrogens is 427 g/mol. The summed E-state index contributed by atoms with van der Waals surface area (Å²) < 4.78 is 14.6. The van der Waals surface area contributed by atoms with E-state index in [1.54, 1.807) is 0 Å². The molecule has 5 aliphatic rings. The first kappa shape index (κ1) is 22.7. The van der Waals surface area contributed by atoms with Crippen LogP contribution in [0.1, 0.15) is 76.7 Å². The minimum Gasteiger partial charge on any atom is -0.391 e. The number of hydrogen-bond acceptors (Lipinski definition) is 4. The Morgan fingerprint density at radius 1 is 1.03 bits per heavy atom. The van der Waals surface area contributed by atoms with E-state index in [0.717, 1.165) is 58.0 Å². The highest BCUT2D eigenvalue weighted by Crippen LogP contribution is 2.67. The number of nitrogens with one attached hydrogen (secondary N) is 1. The zero-order chi connectivity index (χ0) is 23.5. The van der Waals surface area contributed by atoms with Crippen LogP contribution in [0.3, 0.4) is 0 Å². The van der Waals surface area contributed by atoms with Crippen LogP contribution in [0.5, 0.6) is 0 Å². The lowest BCUT2D eigenvalue weighted by Gasteiger charge is -2.61. The molecule has 0 amide bonds. The number of hydrogen-bond donors (Lipinski definition) is 1. The number of ketones is 1. The van der Waals surface area contributed by atoms with Crippen LogP contribution >= 0.6 is 0 Å². The first-order chi connectivity index (χ1) is 16.4. The molecule has 5 fully saturated rings. The highest BCUT2D eigenvalue weighted by molar-refractivity contribution is 5.92. The van der Waals surface area contributed by atoms with Crippen molar-refractivity contribution in [2.75, 3.05) is 13.1 Å². The van der Waals surface area contributed by atoms with Crippen molar-refractivity contribution >= 4 is 11.5 Å². The van der Waals surface area contributed by atoms with Crippen molar-refractivity contribution in [1.82, 2.24) is 5.32 Å². The fourth-order valence-corrected chi connectivity index (χ4v) is 8.99. The van der Waals surface area contributed by atoms with Gasteiger partial charge in [0.1, 0.15) is 6.10 Å². The van der Waals surface area contributed by atoms with Gasteiger partial charge in [-0.15, -0.1) is 0 Å². The number of oxime groups is 1. The van der Waals surface area contributed by atoms with Gasteiger partial charge in [0.25, 0.3) is 0 Å². The lowest BCUT2D eigenvalue weighted by Crippen LogP contribution is -2.55. The summed E-state index contributed by atoms with van der Waals surface area (Å²) in [6, 6.07) is 10.9. The van der Waals surface area contributed by atoms with Crippen molar-refractivity contribution in [2.24, 2.45) is 39.7 Å². The molecule has 9 atom stereocenters. The van der Waals surface area contributed by atoms with Gasteiger partial charge in [0.15, 0.2) is 12.0 Å². The Balaban J connectivity index is 1.32. The molecule has 0 aromatic heterocycles. The predicted molar refractivity (Wildman–Crippen MR) is 131 cm³/mol. The lowest BCUT2D eigenvalue weighted by atomic mass is 9.43. The van der Waals surface area contributed by atoms with E-state index in [2.05, 4.69) is 49.5 Å². The highest BCUT2D eigenvalue weighted by Gasteiger charge is 2.63. The molecule has 184 valence electrons. The minimum atomic E-state index is -1.25. The minimum absolute atomic E-state index is 0.109. The second-order valence-electron chi connectivity index (χ2n) is 12.3. The van der Waals surface area contributed by atoms with Crippen molar-refractivity contribution in [3.63, 3.8) is 0 Å². The summed E-state index contributed by atoms with van der Waals surface area (Å²) in [6.45, 7) is 6.46. The Labute approximate surface area is 203 Å². The van der Waals surface area contributed by atoms with Gasteiger partial charge in [-0.05, 0) is 86.1 Å². The number of fused-ring (bicyclic) bond motifs is 5. The SMILES string of the molecule is CC12CCC3C(CCC4C(c5ccccc5)C(=NOC5CCNC5)CCC43C)C1CC(F)C2=O. The molecule has 0 spiro atoms. The largest absolute Gasteiger partial charge is 0.391 e. The van der Waals surface area contributed by atoms with Crippen LogP contribution in [0.25, 0.3) is 0 Å². The first-order valence-electron chi connectivity index (χ1n) is 13.6. The maximum Gasteiger partial charge on any atom is 0.173 e. The Morgan fingerprint density at radius 3 is 2.62 bits per heavy atom. The maximum atomic E-state index is 14.6. The van der Waals surface area contributed by atoms with Gasteiger partial charge in [-0.1, -0.05) is 49.3 Å². The maximum absolute atomic E-state index is 14.6. The summed E-state index contributed by atoms with van der Waals surface area (Å²) in [5, 5.41) is 8.18. The molecule has 34 heavy (non-hydrogen) atoms. The molecule has 4 aliphatic carbocycles. The quantitative estimate of drug-likeness (QED) is 0.584. The third kappa shape index (κ3) is 3.40. The monoisotopic (exact) mass is 466 g/mol. The Bertz CT molecular complexity index is 960. The van der Waals surface area contributed by atoms with E-state index in [0.29, 0.717) is 24.2 Å². The molecular formula is C29H39FN2O2. The molecule has 1 aromatic carbocycles. The second-order valence-corrected chi connectivity index (χ2v) is 12.3. The topological polar surface area (TPSA) is 50.7 Å². The fraction of sp³-hybridized carbons (Fsp3) is 0.724. The summed E-state index contributed by atoms with van der Waals surface area (Å²) in [6.07, 6.45) is 6.62. The Hall–Kier alpha value is -1.75. The van der Waals surface area contributed by atoms with Gasteiger partial charge < -0.3 is 10.2 Å². The zero-order valence-corrected chi connectivity index (χ0v) is 20.6. The first-order valence-corrected chi connectivity index (χ1v) is 13.6. The average Bonchev–Trinajstić information content (AvgIpc) is 3.45. The highest BCUT2D eigenvalue weighted by atomic mass is 19.1. The molecule has 6 rings (SSSR count). The van der Waals surface area contributed by atoms with Gasteiger partial charge in [0.2, 0.25) is 0 Å². The van der Waals surface area contributed by atoms with E-state index in [-0.39, 0.29) is 29.1 Å². The zero-order valence-electron chi connectivity index (χ0n) is 20.6. The number of benzene rings is 1. The van der Waals surface area contributed by atoms with Crippen molar-refractivity contribution in [2.45, 2.75) is 83.4 Å². The van der Waals surface area contributed by atoms with Crippen LogP contribution in [-0.2, 0) is 9.63 Å². The molecule has 4 saturated carbocycles. The van der Waals surface area contributed by atoms with Crippen molar-refractivity contribution in [3.8, 4) is 0 Å². The smallest absolute Gasteiger partial charge is 0.173 e. The molecule has 5 heteroatoms. The van der Waals surface area contributed by atoms with E-state index in [1.165, 1.54) is 11.3 Å². The van der Waals surface area contributed by atoms with Gasteiger partial charge in [0.05, 0.1) is 5.71 Å². The van der Waals surface area contributed by atoms with Gasteiger partial charge in [-0.3, -0.25) is 4.79 Å². The summed E-state index contributed by atoms with van der Waals surface area (Å²) >= 11 is 0. The number of rotatable bonds is 3. The normalized spacial score (nSPS) is 47.2. The summed E-state index contributed by atoms with van der Waals surface area (Å²) in [5.41, 5.74) is 2.31. The molecule has 1 saturated heterocycles. The van der Waals surface area contributed by atoms with E-state index in [1.807, 2.05) is 0 Å². The van der Waals surface area contributed by atoms with Crippen molar-refractivity contribution in [3.05, 3.63) is 35.9 Å². The summed E-state index contributed by atoms with van der Waals surface area (Å²) in [7, 11) is 0. The van der Waals surface area contributed by atoms with Crippen LogP contribution in [-0.4, -0.2) is 36.9 Å². The van der Waals surface area contributed by atoms with Crippen LogP contribution in [0.2, 0.25) is 0 Å². The number of nitrogens with zero attached hydrogens (tertiary/aromatic N) is 1. The Kier molecular flexibility index (Phi) is 5.63. The molecule has 1 heterocycles. The number of carbonyl (C=O) groups excluding carboxylic acids is 1. The Morgan fingerprint density at radius 2 is 1.85 bits per heavy atom. The fourth-order valence-electron chi connectivity index (χ4n) is 8.99. The number of halogens is 1. The third-order valence-corrected chi connectivity index (χ3v) is 10.8. The van der Waals surface area contributed by atoms with Gasteiger partial charge in [-0.2, -0.15) is 0 Å². The van der Waals surface area contributed by atoms with Crippen LogP contribution < -0.4 is 5.32 Å². The molecule has 9 unspecified atom stereocenters. The third-order valence-electron chi connectivity index (χ3n) is 10.8. The summed E-state index contributed by atoms with van der Waals surface area (Å²) in [4.78, 5) is 18.8. The summed E-state index contributed by atoms with van der Waals surface area (Å²) in [5.74, 6) is 1.94. The molecule has 4 nitrogen and oxygen atoms in total. The van der Waals surface area contributed by atoms with Crippen molar-refractivity contribution in [1.29, 1.82) is 0 Å². The van der Waals surface area contributed by atoms with Gasteiger partial charge >= 0.3 is 0 Å². The molecule has 0 bridgehead atoms. The van der Waals surface area contributed by atoms with Crippen molar-refractivity contribution < 1.29 is 14.0 Å². The van der Waals surface area contributed by atoms with Crippen LogP contribution in [0, 0.1) is 34.5 Å². The molecule has 1 aliphatic heterocycles. The second kappa shape index (κ2) is 8.43. The van der Waals surface area contributed by atoms with E-state index < -0.39 is 11.6 Å². The average molecular weight is 467 g/mol. The van der Waals surface area contributed by atoms with Crippen LogP contribution in [0.4, 0.5) is 4.39 Å². The lowest BCUT2D eigenvalue weighted by molar-refractivity contribution is -0.139. The molecule has 1 N–H and O–H groups in total. The molecule has 0 radical (unpaired) electrons. The standard InChI is InChI=1S/C29H39FN2O2/c1-28-14-11-25(32-34-19-12-15-31-17-19)26(18-6-4-3-5-7-18)22(28)9-8-20-21(28)10-13-29(2)23(20)16-24(30)27(29)33/h3-7,19-24,26,31H,8-17H2,1-2H3. The predicted octanol–water partition coefficient (Wildman–Crippen LogP) is 5.67. The number of Topliss-reactive ketones (excluding diaryl/α,β-unsaturated/α-hetero) is 1. The molecule has 1 aromatic rings. The van der Waals surface area contributed by atoms with E-state index in [9.17, 15) is 9.18 Å². The van der Waals surface area contributed by atoms with Gasteiger partial charge in [-0.25, -0.2) is 4.39 Å². The van der Waals surface area contributed by atoms with Crippen LogP contribution in [0.15, 0.2) is 35.5 Å². The number of carbonyl (C=O) groups is 1.